The highest BCUT2D eigenvalue weighted by molar-refractivity contribution is 7.85. The summed E-state index contributed by atoms with van der Waals surface area (Å²) in [4.78, 5) is 0.0862. The van der Waals surface area contributed by atoms with Crippen molar-refractivity contribution in [3.8, 4) is 0 Å². The summed E-state index contributed by atoms with van der Waals surface area (Å²) in [6.45, 7) is 0. The average molecular weight is 290 g/mol. The Morgan fingerprint density at radius 3 is 2.35 bits per heavy atom. The maximum absolute atomic E-state index is 11.7. The second-order valence-electron chi connectivity index (χ2n) is 5.51. The van der Waals surface area contributed by atoms with Crippen molar-refractivity contribution < 1.29 is 13.0 Å². The quantitative estimate of drug-likeness (QED) is 0.846. The predicted molar refractivity (Wildman–Crippen MR) is 79.6 cm³/mol. The minimum Gasteiger partial charge on any atom is -0.282 e. The fourth-order valence-corrected chi connectivity index (χ4v) is 4.11. The van der Waals surface area contributed by atoms with Crippen LogP contribution in [0, 0.1) is 0 Å². The molecule has 0 saturated heterocycles. The second-order valence-corrected chi connectivity index (χ2v) is 6.90. The average Bonchev–Trinajstić information content (AvgIpc) is 2.46. The molecule has 0 spiro atoms. The molecule has 1 aliphatic carbocycles. The van der Waals surface area contributed by atoms with Gasteiger partial charge < -0.3 is 0 Å². The number of rotatable bonds is 2. The van der Waals surface area contributed by atoms with Crippen LogP contribution in [0.5, 0.6) is 0 Å². The molecule has 1 fully saturated rings. The van der Waals surface area contributed by atoms with Gasteiger partial charge in [0.2, 0.25) is 0 Å². The molecule has 0 atom stereocenters. The van der Waals surface area contributed by atoms with Crippen LogP contribution in [0.1, 0.15) is 43.6 Å². The zero-order valence-corrected chi connectivity index (χ0v) is 12.1. The fraction of sp³-hybridized carbons (Fsp3) is 0.375. The molecule has 1 saturated carbocycles. The van der Waals surface area contributed by atoms with Gasteiger partial charge in [-0.15, -0.1) is 0 Å². The molecule has 0 amide bonds. The monoisotopic (exact) mass is 290 g/mol. The summed E-state index contributed by atoms with van der Waals surface area (Å²) < 4.78 is 32.9. The van der Waals surface area contributed by atoms with Crippen molar-refractivity contribution in [3.05, 3.63) is 42.0 Å². The van der Waals surface area contributed by atoms with Gasteiger partial charge in [-0.3, -0.25) is 4.55 Å². The molecule has 1 N–H and O–H groups in total. The highest BCUT2D eigenvalue weighted by Crippen LogP contribution is 2.39. The van der Waals surface area contributed by atoms with E-state index < -0.39 is 10.1 Å². The highest BCUT2D eigenvalue weighted by Gasteiger charge is 2.25. The number of fused-ring (bicyclic) bond motifs is 1. The van der Waals surface area contributed by atoms with Crippen LogP contribution in [0.4, 0.5) is 0 Å². The standard InChI is InChI=1S/C16H18O3S/c17-20(18,19)15-11-10-12-6-4-5-9-14(12)16(15)13-7-2-1-3-8-13/h4-6,9-11,13H,1-3,7-8H2,(H,17,18,19). The molecule has 0 radical (unpaired) electrons. The van der Waals surface area contributed by atoms with E-state index >= 15 is 0 Å². The van der Waals surface area contributed by atoms with Gasteiger partial charge in [-0.05, 0) is 41.2 Å². The molecule has 0 bridgehead atoms. The van der Waals surface area contributed by atoms with Crippen LogP contribution in [-0.2, 0) is 10.1 Å². The Hall–Kier alpha value is -1.39. The molecule has 106 valence electrons. The van der Waals surface area contributed by atoms with Crippen molar-refractivity contribution in [2.45, 2.75) is 42.9 Å². The molecule has 2 aromatic carbocycles. The van der Waals surface area contributed by atoms with Crippen molar-refractivity contribution in [2.24, 2.45) is 0 Å². The van der Waals surface area contributed by atoms with Crippen LogP contribution in [0.3, 0.4) is 0 Å². The molecule has 2 aromatic rings. The lowest BCUT2D eigenvalue weighted by Gasteiger charge is -2.25. The van der Waals surface area contributed by atoms with E-state index in [-0.39, 0.29) is 10.8 Å². The Balaban J connectivity index is 2.28. The first-order valence-electron chi connectivity index (χ1n) is 7.06. The van der Waals surface area contributed by atoms with Gasteiger partial charge in [0, 0.05) is 0 Å². The molecular weight excluding hydrogens is 272 g/mol. The van der Waals surface area contributed by atoms with E-state index in [0.717, 1.165) is 42.0 Å². The fourth-order valence-electron chi connectivity index (χ4n) is 3.31. The number of benzene rings is 2. The van der Waals surface area contributed by atoms with Gasteiger partial charge in [0.05, 0.1) is 4.90 Å². The summed E-state index contributed by atoms with van der Waals surface area (Å²) in [5.41, 5.74) is 0.810. The highest BCUT2D eigenvalue weighted by atomic mass is 32.2. The van der Waals surface area contributed by atoms with Crippen molar-refractivity contribution in [3.63, 3.8) is 0 Å². The van der Waals surface area contributed by atoms with E-state index in [0.29, 0.717) is 0 Å². The lowest BCUT2D eigenvalue weighted by molar-refractivity contribution is 0.436. The van der Waals surface area contributed by atoms with Crippen molar-refractivity contribution in [1.82, 2.24) is 0 Å². The molecule has 3 rings (SSSR count). The van der Waals surface area contributed by atoms with Gasteiger partial charge in [0.25, 0.3) is 10.1 Å². The molecule has 0 aliphatic heterocycles. The van der Waals surface area contributed by atoms with Gasteiger partial charge >= 0.3 is 0 Å². The zero-order chi connectivity index (χ0) is 14.2. The Bertz CT molecular complexity index is 728. The molecule has 0 heterocycles. The Morgan fingerprint density at radius 2 is 1.65 bits per heavy atom. The van der Waals surface area contributed by atoms with Gasteiger partial charge in [0.15, 0.2) is 0 Å². The van der Waals surface area contributed by atoms with Gasteiger partial charge in [-0.25, -0.2) is 0 Å². The summed E-state index contributed by atoms with van der Waals surface area (Å²) in [7, 11) is -4.17. The first-order valence-corrected chi connectivity index (χ1v) is 8.50. The summed E-state index contributed by atoms with van der Waals surface area (Å²) >= 11 is 0. The first-order chi connectivity index (χ1) is 9.57. The smallest absolute Gasteiger partial charge is 0.282 e. The maximum atomic E-state index is 11.7. The van der Waals surface area contributed by atoms with Crippen LogP contribution in [0.2, 0.25) is 0 Å². The Labute approximate surface area is 119 Å². The van der Waals surface area contributed by atoms with Crippen LogP contribution in [0.25, 0.3) is 10.8 Å². The lowest BCUT2D eigenvalue weighted by atomic mass is 9.82. The van der Waals surface area contributed by atoms with Gasteiger partial charge in [-0.1, -0.05) is 49.6 Å². The molecule has 0 unspecified atom stereocenters. The third-order valence-corrected chi connectivity index (χ3v) is 5.13. The lowest BCUT2D eigenvalue weighted by Crippen LogP contribution is -2.11. The third kappa shape index (κ3) is 2.45. The van der Waals surface area contributed by atoms with E-state index in [4.69, 9.17) is 0 Å². The van der Waals surface area contributed by atoms with Crippen LogP contribution < -0.4 is 0 Å². The van der Waals surface area contributed by atoms with E-state index in [9.17, 15) is 13.0 Å². The molecule has 0 aromatic heterocycles. The zero-order valence-electron chi connectivity index (χ0n) is 11.2. The normalized spacial score (nSPS) is 17.4. The van der Waals surface area contributed by atoms with Crippen molar-refractivity contribution in [1.29, 1.82) is 0 Å². The molecule has 1 aliphatic rings. The molecule has 20 heavy (non-hydrogen) atoms. The maximum Gasteiger partial charge on any atom is 0.294 e. The van der Waals surface area contributed by atoms with Crippen LogP contribution in [0.15, 0.2) is 41.3 Å². The van der Waals surface area contributed by atoms with Gasteiger partial charge in [-0.2, -0.15) is 8.42 Å². The van der Waals surface area contributed by atoms with E-state index in [1.54, 1.807) is 12.1 Å². The summed E-state index contributed by atoms with van der Waals surface area (Å²) in [6.07, 6.45) is 5.45. The van der Waals surface area contributed by atoms with E-state index in [1.807, 2.05) is 24.3 Å². The van der Waals surface area contributed by atoms with Crippen LogP contribution >= 0.6 is 0 Å². The van der Waals surface area contributed by atoms with Gasteiger partial charge in [0.1, 0.15) is 0 Å². The number of hydrogen-bond acceptors (Lipinski definition) is 2. The topological polar surface area (TPSA) is 54.4 Å². The SMILES string of the molecule is O=S(=O)(O)c1ccc2ccccc2c1C1CCCCC1. The Morgan fingerprint density at radius 1 is 0.950 bits per heavy atom. The summed E-state index contributed by atoms with van der Waals surface area (Å²) in [5.74, 6) is 0.228. The second kappa shape index (κ2) is 5.19. The largest absolute Gasteiger partial charge is 0.294 e. The first kappa shape index (κ1) is 13.6. The minimum absolute atomic E-state index is 0.0862. The predicted octanol–water partition coefficient (Wildman–Crippen LogP) is 4.13. The summed E-state index contributed by atoms with van der Waals surface area (Å²) in [5, 5.41) is 1.98. The third-order valence-electron chi connectivity index (χ3n) is 4.22. The molecule has 3 nitrogen and oxygen atoms in total. The molecule has 4 heteroatoms. The van der Waals surface area contributed by atoms with Crippen LogP contribution in [-0.4, -0.2) is 13.0 Å². The van der Waals surface area contributed by atoms with Crippen molar-refractivity contribution >= 4 is 20.9 Å². The molecular formula is C16H18O3S. The summed E-state index contributed by atoms with van der Waals surface area (Å²) in [6, 6.07) is 11.1. The van der Waals surface area contributed by atoms with E-state index in [2.05, 4.69) is 0 Å². The Kier molecular flexibility index (Phi) is 3.52. The minimum atomic E-state index is -4.17. The number of hydrogen-bond donors (Lipinski definition) is 1. The van der Waals surface area contributed by atoms with Crippen molar-refractivity contribution in [2.75, 3.05) is 0 Å². The van der Waals surface area contributed by atoms with E-state index in [1.165, 1.54) is 6.42 Å².